The van der Waals surface area contributed by atoms with Crippen molar-refractivity contribution >= 4 is 11.8 Å². The summed E-state index contributed by atoms with van der Waals surface area (Å²) in [6, 6.07) is 0.784. The van der Waals surface area contributed by atoms with Crippen molar-refractivity contribution in [2.45, 2.75) is 36.9 Å². The van der Waals surface area contributed by atoms with Crippen LogP contribution < -0.4 is 5.32 Å². The molecule has 0 radical (unpaired) electrons. The van der Waals surface area contributed by atoms with E-state index in [0.29, 0.717) is 0 Å². The maximum Gasteiger partial charge on any atom is 0.167 e. The van der Waals surface area contributed by atoms with Gasteiger partial charge in [0.05, 0.1) is 0 Å². The predicted molar refractivity (Wildman–Crippen MR) is 64.2 cm³/mol. The second-order valence-corrected chi connectivity index (χ2v) is 5.17. The average Bonchev–Trinajstić information content (AvgIpc) is 2.85. The second-order valence-electron chi connectivity index (χ2n) is 4.10. The van der Waals surface area contributed by atoms with Crippen LogP contribution in [-0.4, -0.2) is 27.9 Å². The minimum absolute atomic E-state index is 0.784. The Kier molecular flexibility index (Phi) is 4.09. The number of nitrogens with one attached hydrogen (secondary N) is 1. The van der Waals surface area contributed by atoms with E-state index >= 15 is 0 Å². The number of hydrogen-bond acceptors (Lipinski definition) is 3. The average molecular weight is 225 g/mol. The van der Waals surface area contributed by atoms with Gasteiger partial charge in [0.15, 0.2) is 5.16 Å². The van der Waals surface area contributed by atoms with Crippen molar-refractivity contribution < 1.29 is 0 Å². The summed E-state index contributed by atoms with van der Waals surface area (Å²) >= 11 is 1.86. The molecule has 0 spiro atoms. The summed E-state index contributed by atoms with van der Waals surface area (Å²) in [6.07, 6.45) is 9.19. The van der Waals surface area contributed by atoms with Crippen molar-refractivity contribution in [3.05, 3.63) is 12.4 Å². The second kappa shape index (κ2) is 5.56. The first-order chi connectivity index (χ1) is 7.36. The molecule has 2 rings (SSSR count). The fraction of sp³-hybridized carbons (Fsp3) is 0.727. The number of aromatic nitrogens is 2. The summed E-state index contributed by atoms with van der Waals surface area (Å²) in [4.78, 5) is 4.30. The lowest BCUT2D eigenvalue weighted by molar-refractivity contribution is 0.553. The highest BCUT2D eigenvalue weighted by atomic mass is 32.2. The molecule has 0 saturated carbocycles. The SMILES string of the molecule is Cn1ccnc1SCCCC1CCCN1. The van der Waals surface area contributed by atoms with Gasteiger partial charge in [-0.05, 0) is 32.2 Å². The van der Waals surface area contributed by atoms with Crippen LogP contribution in [0.2, 0.25) is 0 Å². The lowest BCUT2D eigenvalue weighted by Gasteiger charge is -2.08. The van der Waals surface area contributed by atoms with Gasteiger partial charge in [-0.2, -0.15) is 0 Å². The summed E-state index contributed by atoms with van der Waals surface area (Å²) in [7, 11) is 2.05. The molecule has 1 aliphatic heterocycles. The maximum absolute atomic E-state index is 4.30. The van der Waals surface area contributed by atoms with Crippen LogP contribution >= 0.6 is 11.8 Å². The molecule has 1 atom stereocenters. The first kappa shape index (κ1) is 11.0. The van der Waals surface area contributed by atoms with Crippen LogP contribution in [0.1, 0.15) is 25.7 Å². The van der Waals surface area contributed by atoms with Crippen molar-refractivity contribution in [3.8, 4) is 0 Å². The van der Waals surface area contributed by atoms with Crippen LogP contribution in [0.15, 0.2) is 17.6 Å². The molecule has 0 amide bonds. The van der Waals surface area contributed by atoms with Gasteiger partial charge in [-0.15, -0.1) is 0 Å². The quantitative estimate of drug-likeness (QED) is 0.614. The summed E-state index contributed by atoms with van der Waals surface area (Å²) in [6.45, 7) is 1.22. The number of thioether (sulfide) groups is 1. The summed E-state index contributed by atoms with van der Waals surface area (Å²) in [5, 5.41) is 4.67. The highest BCUT2D eigenvalue weighted by Crippen LogP contribution is 2.18. The first-order valence-corrected chi connectivity index (χ1v) is 6.68. The van der Waals surface area contributed by atoms with Gasteiger partial charge in [0.25, 0.3) is 0 Å². The molecule has 1 aromatic heterocycles. The van der Waals surface area contributed by atoms with Crippen LogP contribution in [0.3, 0.4) is 0 Å². The number of hydrogen-bond donors (Lipinski definition) is 1. The van der Waals surface area contributed by atoms with Gasteiger partial charge in [-0.3, -0.25) is 0 Å². The molecular weight excluding hydrogens is 206 g/mol. The Hall–Kier alpha value is -0.480. The molecule has 84 valence electrons. The molecule has 4 heteroatoms. The third-order valence-corrected chi connectivity index (χ3v) is 4.01. The molecule has 1 N–H and O–H groups in total. The van der Waals surface area contributed by atoms with Gasteiger partial charge in [0, 0.05) is 31.2 Å². The summed E-state index contributed by atoms with van der Waals surface area (Å²) in [5.74, 6) is 1.18. The van der Waals surface area contributed by atoms with Crippen molar-refractivity contribution in [1.29, 1.82) is 0 Å². The fourth-order valence-corrected chi connectivity index (χ4v) is 2.88. The number of rotatable bonds is 5. The van der Waals surface area contributed by atoms with Gasteiger partial charge < -0.3 is 9.88 Å². The molecule has 15 heavy (non-hydrogen) atoms. The standard InChI is InChI=1S/C11H19N3S/c1-14-8-7-13-11(14)15-9-3-5-10-4-2-6-12-10/h7-8,10,12H,2-6,9H2,1H3. The van der Waals surface area contributed by atoms with Crippen molar-refractivity contribution in [3.63, 3.8) is 0 Å². The number of nitrogens with zero attached hydrogens (tertiary/aromatic N) is 2. The van der Waals surface area contributed by atoms with E-state index in [1.165, 1.54) is 38.0 Å². The molecule has 3 nitrogen and oxygen atoms in total. The Bertz CT molecular complexity index is 292. The first-order valence-electron chi connectivity index (χ1n) is 5.70. The molecule has 1 aromatic rings. The van der Waals surface area contributed by atoms with Gasteiger partial charge in [-0.25, -0.2) is 4.98 Å². The van der Waals surface area contributed by atoms with E-state index in [9.17, 15) is 0 Å². The Morgan fingerprint density at radius 1 is 1.67 bits per heavy atom. The van der Waals surface area contributed by atoms with Gasteiger partial charge >= 0.3 is 0 Å². The van der Waals surface area contributed by atoms with E-state index in [-0.39, 0.29) is 0 Å². The smallest absolute Gasteiger partial charge is 0.167 e. The highest BCUT2D eigenvalue weighted by Gasteiger charge is 2.12. The van der Waals surface area contributed by atoms with Gasteiger partial charge in [-0.1, -0.05) is 11.8 Å². The minimum Gasteiger partial charge on any atom is -0.329 e. The Labute approximate surface area is 95.7 Å². The Morgan fingerprint density at radius 3 is 3.27 bits per heavy atom. The predicted octanol–water partition coefficient (Wildman–Crippen LogP) is 2.04. The van der Waals surface area contributed by atoms with Crippen molar-refractivity contribution in [2.24, 2.45) is 7.05 Å². The zero-order valence-electron chi connectivity index (χ0n) is 9.28. The molecule has 1 aliphatic rings. The zero-order valence-corrected chi connectivity index (χ0v) is 10.1. The van der Waals surface area contributed by atoms with Crippen LogP contribution in [0.4, 0.5) is 0 Å². The van der Waals surface area contributed by atoms with Crippen LogP contribution in [0.25, 0.3) is 0 Å². The number of imidazole rings is 1. The largest absolute Gasteiger partial charge is 0.329 e. The van der Waals surface area contributed by atoms with Crippen LogP contribution in [0.5, 0.6) is 0 Å². The third-order valence-electron chi connectivity index (χ3n) is 2.87. The zero-order chi connectivity index (χ0) is 10.5. The van der Waals surface area contributed by atoms with Crippen molar-refractivity contribution in [1.82, 2.24) is 14.9 Å². The van der Waals surface area contributed by atoms with E-state index < -0.39 is 0 Å². The van der Waals surface area contributed by atoms with Crippen LogP contribution in [-0.2, 0) is 7.05 Å². The van der Waals surface area contributed by atoms with Crippen molar-refractivity contribution in [2.75, 3.05) is 12.3 Å². The Morgan fingerprint density at radius 2 is 2.60 bits per heavy atom. The number of aryl methyl sites for hydroxylation is 1. The highest BCUT2D eigenvalue weighted by molar-refractivity contribution is 7.99. The molecule has 2 heterocycles. The molecule has 1 fully saturated rings. The molecule has 0 aliphatic carbocycles. The summed E-state index contributed by atoms with van der Waals surface area (Å²) < 4.78 is 2.08. The molecule has 1 unspecified atom stereocenters. The molecular formula is C11H19N3S. The lowest BCUT2D eigenvalue weighted by atomic mass is 10.1. The van der Waals surface area contributed by atoms with Crippen LogP contribution in [0, 0.1) is 0 Å². The lowest BCUT2D eigenvalue weighted by Crippen LogP contribution is -2.21. The fourth-order valence-electron chi connectivity index (χ4n) is 1.99. The normalized spacial score (nSPS) is 21.0. The van der Waals surface area contributed by atoms with E-state index in [1.54, 1.807) is 0 Å². The molecule has 0 bridgehead atoms. The van der Waals surface area contributed by atoms with E-state index in [2.05, 4.69) is 14.9 Å². The molecule has 0 aromatic carbocycles. The molecule has 1 saturated heterocycles. The minimum atomic E-state index is 0.784. The van der Waals surface area contributed by atoms with E-state index in [1.807, 2.05) is 31.2 Å². The van der Waals surface area contributed by atoms with E-state index in [0.717, 1.165) is 11.2 Å². The van der Waals surface area contributed by atoms with E-state index in [4.69, 9.17) is 0 Å². The Balaban J connectivity index is 1.60. The maximum atomic E-state index is 4.30. The summed E-state index contributed by atoms with van der Waals surface area (Å²) in [5.41, 5.74) is 0. The topological polar surface area (TPSA) is 29.9 Å². The van der Waals surface area contributed by atoms with Gasteiger partial charge in [0.2, 0.25) is 0 Å². The van der Waals surface area contributed by atoms with Gasteiger partial charge in [0.1, 0.15) is 0 Å². The third kappa shape index (κ3) is 3.24. The monoisotopic (exact) mass is 225 g/mol.